The molecule has 1 atom stereocenters. The van der Waals surface area contributed by atoms with Crippen molar-refractivity contribution in [2.24, 2.45) is 5.73 Å². The van der Waals surface area contributed by atoms with Gasteiger partial charge in [0.25, 0.3) is 5.91 Å². The van der Waals surface area contributed by atoms with Crippen LogP contribution in [0.3, 0.4) is 0 Å². The van der Waals surface area contributed by atoms with E-state index < -0.39 is 29.6 Å². The van der Waals surface area contributed by atoms with Crippen LogP contribution in [-0.2, 0) is 4.79 Å². The van der Waals surface area contributed by atoms with Gasteiger partial charge in [0.05, 0.1) is 5.56 Å². The van der Waals surface area contributed by atoms with E-state index in [0.29, 0.717) is 0 Å². The maximum absolute atomic E-state index is 14.0. The summed E-state index contributed by atoms with van der Waals surface area (Å²) in [6.45, 7) is 0. The van der Waals surface area contributed by atoms with Gasteiger partial charge in [-0.15, -0.1) is 0 Å². The molecule has 1 aliphatic carbocycles. The molecule has 0 radical (unpaired) electrons. The van der Waals surface area contributed by atoms with E-state index in [9.17, 15) is 14.0 Å². The van der Waals surface area contributed by atoms with E-state index in [2.05, 4.69) is 5.32 Å². The Morgan fingerprint density at radius 2 is 1.37 bits per heavy atom. The number of nitrogens with two attached hydrogens (primary N) is 1. The predicted molar refractivity (Wildman–Crippen MR) is 101 cm³/mol. The number of benzene rings is 3. The van der Waals surface area contributed by atoms with Crippen molar-refractivity contribution in [3.63, 3.8) is 0 Å². The molecule has 0 heterocycles. The van der Waals surface area contributed by atoms with Gasteiger partial charge in [-0.25, -0.2) is 4.39 Å². The van der Waals surface area contributed by atoms with Crippen LogP contribution in [0.25, 0.3) is 11.1 Å². The second-order valence-electron chi connectivity index (χ2n) is 6.49. The number of hydrogen-bond acceptors (Lipinski definition) is 2. The molecule has 1 aliphatic rings. The number of halogens is 1. The molecule has 2 amide bonds. The molecule has 0 saturated heterocycles. The third-order valence-electron chi connectivity index (χ3n) is 4.93. The Bertz CT molecular complexity index is 1000. The summed E-state index contributed by atoms with van der Waals surface area (Å²) in [5, 5.41) is 2.64. The lowest BCUT2D eigenvalue weighted by Gasteiger charge is -2.24. The fourth-order valence-corrected chi connectivity index (χ4v) is 3.74. The average Bonchev–Trinajstić information content (AvgIpc) is 3.00. The maximum Gasteiger partial charge on any atom is 0.254 e. The smallest absolute Gasteiger partial charge is 0.254 e. The number of nitrogens with one attached hydrogen (secondary N) is 1. The molecule has 4 nitrogen and oxygen atoms in total. The molecule has 0 saturated carbocycles. The molecule has 0 aliphatic heterocycles. The molecule has 5 heteroatoms. The second-order valence-corrected chi connectivity index (χ2v) is 6.49. The number of rotatable bonds is 4. The summed E-state index contributed by atoms with van der Waals surface area (Å²) in [7, 11) is 0. The second kappa shape index (κ2) is 6.68. The summed E-state index contributed by atoms with van der Waals surface area (Å²) < 4.78 is 14.0. The number of hydrogen-bond donors (Lipinski definition) is 2. The molecule has 3 aromatic carbocycles. The first-order chi connectivity index (χ1) is 13.1. The topological polar surface area (TPSA) is 72.2 Å². The number of carbonyl (C=O) groups excluding carboxylic acids is 2. The third kappa shape index (κ3) is 2.87. The van der Waals surface area contributed by atoms with Crippen LogP contribution in [0.5, 0.6) is 0 Å². The van der Waals surface area contributed by atoms with Crippen molar-refractivity contribution in [1.82, 2.24) is 5.32 Å². The molecule has 0 unspecified atom stereocenters. The highest BCUT2D eigenvalue weighted by Crippen LogP contribution is 2.46. The highest BCUT2D eigenvalue weighted by atomic mass is 19.1. The van der Waals surface area contributed by atoms with Gasteiger partial charge in [-0.2, -0.15) is 0 Å². The number of amides is 2. The number of primary amides is 1. The highest BCUT2D eigenvalue weighted by Gasteiger charge is 2.38. The molecule has 0 bridgehead atoms. The lowest BCUT2D eigenvalue weighted by molar-refractivity contribution is -0.120. The Kier molecular flexibility index (Phi) is 4.20. The maximum atomic E-state index is 14.0. The highest BCUT2D eigenvalue weighted by molar-refractivity contribution is 5.98. The van der Waals surface area contributed by atoms with E-state index in [1.54, 1.807) is 6.07 Å². The zero-order chi connectivity index (χ0) is 19.0. The average molecular weight is 360 g/mol. The monoisotopic (exact) mass is 360 g/mol. The van der Waals surface area contributed by atoms with Gasteiger partial charge in [0.2, 0.25) is 5.91 Å². The molecule has 0 fully saturated rings. The Balaban J connectivity index is 1.76. The first-order valence-corrected chi connectivity index (χ1v) is 8.61. The number of carbonyl (C=O) groups is 2. The Morgan fingerprint density at radius 1 is 0.852 bits per heavy atom. The number of fused-ring (bicyclic) bond motifs is 3. The minimum Gasteiger partial charge on any atom is -0.368 e. The summed E-state index contributed by atoms with van der Waals surface area (Å²) in [5.41, 5.74) is 9.36. The Hall–Kier alpha value is -3.47. The largest absolute Gasteiger partial charge is 0.368 e. The van der Waals surface area contributed by atoms with Crippen LogP contribution in [-0.4, -0.2) is 17.9 Å². The molecule has 134 valence electrons. The van der Waals surface area contributed by atoms with Crippen molar-refractivity contribution in [1.29, 1.82) is 0 Å². The van der Waals surface area contributed by atoms with Crippen molar-refractivity contribution in [2.45, 2.75) is 12.0 Å². The van der Waals surface area contributed by atoms with E-state index in [4.69, 9.17) is 5.73 Å². The van der Waals surface area contributed by atoms with Crippen LogP contribution in [0.1, 0.15) is 27.4 Å². The zero-order valence-corrected chi connectivity index (χ0v) is 14.4. The van der Waals surface area contributed by atoms with Crippen molar-refractivity contribution in [3.8, 4) is 11.1 Å². The molecule has 0 spiro atoms. The molecule has 3 N–H and O–H groups in total. The SMILES string of the molecule is NC(=O)[C@H](NC(=O)c1ccccc1F)C1c2ccccc2-c2ccccc21. The summed E-state index contributed by atoms with van der Waals surface area (Å²) in [6.07, 6.45) is 0. The molecular formula is C22H17FN2O2. The van der Waals surface area contributed by atoms with Crippen LogP contribution in [0.4, 0.5) is 4.39 Å². The zero-order valence-electron chi connectivity index (χ0n) is 14.4. The lowest BCUT2D eigenvalue weighted by Crippen LogP contribution is -2.48. The fourth-order valence-electron chi connectivity index (χ4n) is 3.74. The predicted octanol–water partition coefficient (Wildman–Crippen LogP) is 3.22. The van der Waals surface area contributed by atoms with E-state index in [1.807, 2.05) is 48.5 Å². The van der Waals surface area contributed by atoms with Crippen LogP contribution in [0.15, 0.2) is 72.8 Å². The van der Waals surface area contributed by atoms with Gasteiger partial charge < -0.3 is 11.1 Å². The van der Waals surface area contributed by atoms with Gasteiger partial charge in [0.1, 0.15) is 11.9 Å². The van der Waals surface area contributed by atoms with Crippen LogP contribution in [0.2, 0.25) is 0 Å². The lowest BCUT2D eigenvalue weighted by atomic mass is 9.88. The molecule has 0 aromatic heterocycles. The van der Waals surface area contributed by atoms with Crippen LogP contribution in [0, 0.1) is 5.82 Å². The quantitative estimate of drug-likeness (QED) is 0.750. The Morgan fingerprint density at radius 3 is 1.93 bits per heavy atom. The van der Waals surface area contributed by atoms with E-state index in [0.717, 1.165) is 22.3 Å². The van der Waals surface area contributed by atoms with Gasteiger partial charge in [-0.3, -0.25) is 9.59 Å². The van der Waals surface area contributed by atoms with Gasteiger partial charge in [0.15, 0.2) is 0 Å². The standard InChI is InChI=1S/C22H17FN2O2/c23-18-12-6-5-11-17(18)22(27)25-20(21(24)26)19-15-9-3-1-7-13(15)14-8-2-4-10-16(14)19/h1-12,19-20H,(H2,24,26)(H,25,27)/t20-/m1/s1. The van der Waals surface area contributed by atoms with Gasteiger partial charge in [0, 0.05) is 5.92 Å². The summed E-state index contributed by atoms with van der Waals surface area (Å²) >= 11 is 0. The van der Waals surface area contributed by atoms with E-state index in [1.165, 1.54) is 18.2 Å². The summed E-state index contributed by atoms with van der Waals surface area (Å²) in [6, 6.07) is 20.1. The van der Waals surface area contributed by atoms with Crippen molar-refractivity contribution >= 4 is 11.8 Å². The van der Waals surface area contributed by atoms with Gasteiger partial charge in [-0.1, -0.05) is 60.7 Å². The van der Waals surface area contributed by atoms with Crippen molar-refractivity contribution < 1.29 is 14.0 Å². The molecule has 3 aromatic rings. The van der Waals surface area contributed by atoms with Gasteiger partial charge in [-0.05, 0) is 34.4 Å². The normalized spacial score (nSPS) is 13.5. The fraction of sp³-hybridized carbons (Fsp3) is 0.0909. The van der Waals surface area contributed by atoms with E-state index >= 15 is 0 Å². The molecule has 27 heavy (non-hydrogen) atoms. The first kappa shape index (κ1) is 17.0. The van der Waals surface area contributed by atoms with E-state index in [-0.39, 0.29) is 5.56 Å². The minimum atomic E-state index is -0.998. The van der Waals surface area contributed by atoms with Crippen LogP contribution < -0.4 is 11.1 Å². The first-order valence-electron chi connectivity index (χ1n) is 8.61. The minimum absolute atomic E-state index is 0.122. The Labute approximate surface area is 155 Å². The third-order valence-corrected chi connectivity index (χ3v) is 4.93. The van der Waals surface area contributed by atoms with Crippen molar-refractivity contribution in [2.75, 3.05) is 0 Å². The van der Waals surface area contributed by atoms with Gasteiger partial charge >= 0.3 is 0 Å². The molecule has 4 rings (SSSR count). The molecular weight excluding hydrogens is 343 g/mol. The summed E-state index contributed by atoms with van der Waals surface area (Å²) in [4.78, 5) is 24.9. The van der Waals surface area contributed by atoms with Crippen LogP contribution >= 0.6 is 0 Å². The van der Waals surface area contributed by atoms with Crippen molar-refractivity contribution in [3.05, 3.63) is 95.3 Å². The summed E-state index contributed by atoms with van der Waals surface area (Å²) in [5.74, 6) is -2.41.